The van der Waals surface area contributed by atoms with Gasteiger partial charge in [-0.15, -0.1) is 0 Å². The average molecular weight is 247 g/mol. The lowest BCUT2D eigenvalue weighted by molar-refractivity contribution is 0.349. The van der Waals surface area contributed by atoms with Gasteiger partial charge in [0.15, 0.2) is 0 Å². The standard InChI is InChI=1S/C15H21NS/c1-5-13(4)15(17)16(12(2)3)11-14-9-7-6-8-10-14/h5-10,12H,11H2,1-4H3/b13-5-. The van der Waals surface area contributed by atoms with Crippen molar-refractivity contribution in [1.29, 1.82) is 0 Å². The molecule has 0 fully saturated rings. The number of thiocarbonyl (C=S) groups is 1. The molecule has 0 amide bonds. The predicted molar refractivity (Wildman–Crippen MR) is 79.2 cm³/mol. The summed E-state index contributed by atoms with van der Waals surface area (Å²) in [7, 11) is 0. The first-order valence-electron chi connectivity index (χ1n) is 6.04. The van der Waals surface area contributed by atoms with Gasteiger partial charge in [0.1, 0.15) is 4.99 Å². The van der Waals surface area contributed by atoms with E-state index in [-0.39, 0.29) is 0 Å². The van der Waals surface area contributed by atoms with Gasteiger partial charge in [-0.25, -0.2) is 0 Å². The molecule has 92 valence electrons. The van der Waals surface area contributed by atoms with Gasteiger partial charge < -0.3 is 4.90 Å². The Morgan fingerprint density at radius 3 is 2.35 bits per heavy atom. The molecule has 0 atom stereocenters. The third kappa shape index (κ3) is 3.97. The number of nitrogens with zero attached hydrogens (tertiary/aromatic N) is 1. The summed E-state index contributed by atoms with van der Waals surface area (Å²) in [6.45, 7) is 9.34. The zero-order valence-electron chi connectivity index (χ0n) is 11.1. The summed E-state index contributed by atoms with van der Waals surface area (Å²) in [6.07, 6.45) is 2.07. The molecule has 0 radical (unpaired) electrons. The molecule has 0 N–H and O–H groups in total. The predicted octanol–water partition coefficient (Wildman–Crippen LogP) is 4.19. The highest BCUT2D eigenvalue weighted by Crippen LogP contribution is 2.13. The lowest BCUT2D eigenvalue weighted by atomic mass is 10.1. The fourth-order valence-electron chi connectivity index (χ4n) is 1.62. The molecule has 0 saturated heterocycles. The smallest absolute Gasteiger partial charge is 0.105 e. The van der Waals surface area contributed by atoms with Crippen LogP contribution in [0.5, 0.6) is 0 Å². The minimum atomic E-state index is 0.414. The van der Waals surface area contributed by atoms with Crippen LogP contribution in [0, 0.1) is 0 Å². The molecule has 1 nitrogen and oxygen atoms in total. The largest absolute Gasteiger partial charge is 0.356 e. The molecule has 1 aromatic carbocycles. The van der Waals surface area contributed by atoms with Crippen LogP contribution in [0.1, 0.15) is 33.3 Å². The van der Waals surface area contributed by atoms with Gasteiger partial charge in [-0.05, 0) is 38.8 Å². The first-order valence-corrected chi connectivity index (χ1v) is 6.45. The van der Waals surface area contributed by atoms with Crippen molar-refractivity contribution in [3.8, 4) is 0 Å². The van der Waals surface area contributed by atoms with Crippen molar-refractivity contribution in [2.75, 3.05) is 0 Å². The molecule has 0 bridgehead atoms. The zero-order valence-corrected chi connectivity index (χ0v) is 11.9. The van der Waals surface area contributed by atoms with E-state index in [2.05, 4.69) is 56.0 Å². The van der Waals surface area contributed by atoms with Gasteiger partial charge in [0.2, 0.25) is 0 Å². The first kappa shape index (κ1) is 13.9. The number of hydrogen-bond donors (Lipinski definition) is 0. The van der Waals surface area contributed by atoms with Crippen LogP contribution in [0.3, 0.4) is 0 Å². The van der Waals surface area contributed by atoms with Crippen molar-refractivity contribution in [2.24, 2.45) is 0 Å². The minimum Gasteiger partial charge on any atom is -0.356 e. The summed E-state index contributed by atoms with van der Waals surface area (Å²) in [5.41, 5.74) is 2.47. The zero-order chi connectivity index (χ0) is 12.8. The summed E-state index contributed by atoms with van der Waals surface area (Å²) in [6, 6.07) is 10.9. The van der Waals surface area contributed by atoms with Crippen LogP contribution in [0.15, 0.2) is 42.0 Å². The molecule has 0 heterocycles. The Kier molecular flexibility index (Phi) is 5.36. The summed E-state index contributed by atoms with van der Waals surface area (Å²) in [4.78, 5) is 3.21. The molecule has 0 aliphatic heterocycles. The van der Waals surface area contributed by atoms with Crippen LogP contribution >= 0.6 is 12.2 Å². The Labute approximate surface area is 110 Å². The van der Waals surface area contributed by atoms with Crippen molar-refractivity contribution in [1.82, 2.24) is 4.90 Å². The summed E-state index contributed by atoms with van der Waals surface area (Å²) in [5, 5.41) is 0. The highest BCUT2D eigenvalue weighted by atomic mass is 32.1. The molecule has 0 aliphatic rings. The minimum absolute atomic E-state index is 0.414. The first-order chi connectivity index (χ1) is 8.06. The Hall–Kier alpha value is -1.15. The number of allylic oxidation sites excluding steroid dienone is 1. The van der Waals surface area contributed by atoms with Gasteiger partial charge in [0.05, 0.1) is 0 Å². The molecule has 0 saturated carbocycles. The van der Waals surface area contributed by atoms with E-state index in [0.717, 1.165) is 11.5 Å². The van der Waals surface area contributed by atoms with E-state index in [4.69, 9.17) is 12.2 Å². The van der Waals surface area contributed by atoms with Crippen molar-refractivity contribution in [2.45, 2.75) is 40.3 Å². The van der Waals surface area contributed by atoms with Gasteiger partial charge >= 0.3 is 0 Å². The molecule has 1 aromatic rings. The summed E-state index contributed by atoms with van der Waals surface area (Å²) < 4.78 is 0. The van der Waals surface area contributed by atoms with Gasteiger partial charge in [0.25, 0.3) is 0 Å². The fourth-order valence-corrected chi connectivity index (χ4v) is 2.01. The van der Waals surface area contributed by atoms with Gasteiger partial charge in [-0.2, -0.15) is 0 Å². The van der Waals surface area contributed by atoms with Gasteiger partial charge in [-0.1, -0.05) is 48.6 Å². The number of rotatable bonds is 4. The molecular formula is C15H21NS. The second-order valence-corrected chi connectivity index (χ2v) is 4.87. The molecule has 0 spiro atoms. The number of benzene rings is 1. The highest BCUT2D eigenvalue weighted by Gasteiger charge is 2.14. The SMILES string of the molecule is C/C=C(/C)C(=S)N(Cc1ccccc1)C(C)C. The van der Waals surface area contributed by atoms with Crippen molar-refractivity contribution < 1.29 is 0 Å². The van der Waals surface area contributed by atoms with E-state index in [1.54, 1.807) is 0 Å². The third-order valence-electron chi connectivity index (χ3n) is 2.85. The van der Waals surface area contributed by atoms with E-state index in [1.807, 2.05) is 13.0 Å². The van der Waals surface area contributed by atoms with E-state index < -0.39 is 0 Å². The number of hydrogen-bond acceptors (Lipinski definition) is 1. The van der Waals surface area contributed by atoms with Gasteiger partial charge in [0, 0.05) is 12.6 Å². The summed E-state index contributed by atoms with van der Waals surface area (Å²) >= 11 is 5.53. The van der Waals surface area contributed by atoms with E-state index in [9.17, 15) is 0 Å². The second-order valence-electron chi connectivity index (χ2n) is 4.48. The molecule has 2 heteroatoms. The lowest BCUT2D eigenvalue weighted by Crippen LogP contribution is -2.35. The maximum atomic E-state index is 5.53. The van der Waals surface area contributed by atoms with Crippen LogP contribution in [0.4, 0.5) is 0 Å². The molecule has 17 heavy (non-hydrogen) atoms. The Morgan fingerprint density at radius 1 is 1.29 bits per heavy atom. The quantitative estimate of drug-likeness (QED) is 0.580. The fraction of sp³-hybridized carbons (Fsp3) is 0.400. The molecule has 1 rings (SSSR count). The maximum Gasteiger partial charge on any atom is 0.105 e. The van der Waals surface area contributed by atoms with Crippen LogP contribution < -0.4 is 0 Å². The van der Waals surface area contributed by atoms with E-state index in [1.165, 1.54) is 11.1 Å². The van der Waals surface area contributed by atoms with Crippen LogP contribution in [0.25, 0.3) is 0 Å². The third-order valence-corrected chi connectivity index (χ3v) is 3.41. The second kappa shape index (κ2) is 6.55. The van der Waals surface area contributed by atoms with E-state index in [0.29, 0.717) is 6.04 Å². The monoisotopic (exact) mass is 247 g/mol. The van der Waals surface area contributed by atoms with Crippen molar-refractivity contribution in [3.63, 3.8) is 0 Å². The Morgan fingerprint density at radius 2 is 1.88 bits per heavy atom. The molecule has 0 unspecified atom stereocenters. The highest BCUT2D eigenvalue weighted by molar-refractivity contribution is 7.80. The molecule has 0 aliphatic carbocycles. The molecule has 0 aromatic heterocycles. The maximum absolute atomic E-state index is 5.53. The summed E-state index contributed by atoms with van der Waals surface area (Å²) in [5.74, 6) is 0. The van der Waals surface area contributed by atoms with Crippen molar-refractivity contribution >= 4 is 17.2 Å². The Balaban J connectivity index is 2.85. The average Bonchev–Trinajstić information content (AvgIpc) is 2.35. The van der Waals surface area contributed by atoms with Crippen molar-refractivity contribution in [3.05, 3.63) is 47.5 Å². The lowest BCUT2D eigenvalue weighted by Gasteiger charge is -2.30. The van der Waals surface area contributed by atoms with Gasteiger partial charge in [-0.3, -0.25) is 0 Å². The topological polar surface area (TPSA) is 3.24 Å². The Bertz CT molecular complexity index is 393. The van der Waals surface area contributed by atoms with Crippen LogP contribution in [-0.2, 0) is 6.54 Å². The van der Waals surface area contributed by atoms with Crippen LogP contribution in [-0.4, -0.2) is 15.9 Å². The normalized spacial score (nSPS) is 11.7. The molecular weight excluding hydrogens is 226 g/mol. The van der Waals surface area contributed by atoms with Crippen LogP contribution in [0.2, 0.25) is 0 Å². The van der Waals surface area contributed by atoms with E-state index >= 15 is 0 Å².